The molecule has 0 unspecified atom stereocenters. The van der Waals surface area contributed by atoms with Crippen LogP contribution in [0.25, 0.3) is 0 Å². The van der Waals surface area contributed by atoms with E-state index in [1.807, 2.05) is 12.1 Å². The minimum absolute atomic E-state index is 0.0906. The van der Waals surface area contributed by atoms with Gasteiger partial charge in [0.1, 0.15) is 5.75 Å². The van der Waals surface area contributed by atoms with E-state index in [4.69, 9.17) is 0 Å². The number of hydrogen-bond donors (Lipinski definition) is 0. The van der Waals surface area contributed by atoms with E-state index in [0.29, 0.717) is 25.9 Å². The SMILES string of the molecule is CS(=O)(=O)CC(=O)N1CCCN1C(=O)CC1Cc2ccccc2C1. The van der Waals surface area contributed by atoms with Crippen LogP contribution in [0.15, 0.2) is 24.3 Å². The first kappa shape index (κ1) is 17.0. The molecule has 1 aromatic carbocycles. The molecular formula is C17H22N2O4S. The van der Waals surface area contributed by atoms with Crippen molar-refractivity contribution in [3.8, 4) is 0 Å². The van der Waals surface area contributed by atoms with E-state index in [9.17, 15) is 18.0 Å². The molecule has 0 radical (unpaired) electrons. The van der Waals surface area contributed by atoms with Crippen LogP contribution >= 0.6 is 0 Å². The molecule has 6 nitrogen and oxygen atoms in total. The first-order valence-electron chi connectivity index (χ1n) is 8.18. The highest BCUT2D eigenvalue weighted by Crippen LogP contribution is 2.29. The van der Waals surface area contributed by atoms with Gasteiger partial charge in [0.25, 0.3) is 5.91 Å². The average Bonchev–Trinajstić information content (AvgIpc) is 3.11. The fraction of sp³-hybridized carbons (Fsp3) is 0.529. The van der Waals surface area contributed by atoms with Crippen molar-refractivity contribution in [2.75, 3.05) is 25.1 Å². The first-order chi connectivity index (χ1) is 11.3. The van der Waals surface area contributed by atoms with Gasteiger partial charge in [-0.15, -0.1) is 0 Å². The summed E-state index contributed by atoms with van der Waals surface area (Å²) in [6.45, 7) is 0.888. The highest BCUT2D eigenvalue weighted by atomic mass is 32.2. The van der Waals surface area contributed by atoms with Gasteiger partial charge in [0.2, 0.25) is 5.91 Å². The summed E-state index contributed by atoms with van der Waals surface area (Å²) in [5, 5.41) is 2.75. The Morgan fingerprint density at radius 3 is 2.12 bits per heavy atom. The molecule has 3 rings (SSSR count). The molecule has 0 spiro atoms. The van der Waals surface area contributed by atoms with Gasteiger partial charge in [-0.1, -0.05) is 24.3 Å². The zero-order valence-corrected chi connectivity index (χ0v) is 14.6. The fourth-order valence-corrected chi connectivity index (χ4v) is 4.17. The minimum atomic E-state index is -3.40. The van der Waals surface area contributed by atoms with Crippen molar-refractivity contribution in [3.63, 3.8) is 0 Å². The molecule has 0 bridgehead atoms. The Labute approximate surface area is 142 Å². The van der Waals surface area contributed by atoms with Gasteiger partial charge < -0.3 is 0 Å². The predicted molar refractivity (Wildman–Crippen MR) is 89.7 cm³/mol. The Morgan fingerprint density at radius 2 is 1.58 bits per heavy atom. The molecule has 2 amide bonds. The van der Waals surface area contributed by atoms with Crippen LogP contribution in [0.4, 0.5) is 0 Å². The average molecular weight is 350 g/mol. The highest BCUT2D eigenvalue weighted by molar-refractivity contribution is 7.91. The second kappa shape index (κ2) is 6.55. The molecule has 1 aliphatic heterocycles. The summed E-state index contributed by atoms with van der Waals surface area (Å²) >= 11 is 0. The Kier molecular flexibility index (Phi) is 4.62. The topological polar surface area (TPSA) is 74.8 Å². The van der Waals surface area contributed by atoms with Gasteiger partial charge >= 0.3 is 0 Å². The molecule has 130 valence electrons. The van der Waals surface area contributed by atoms with Gasteiger partial charge in [-0.25, -0.2) is 8.42 Å². The normalized spacial score (nSPS) is 18.0. The Bertz CT molecular complexity index is 735. The van der Waals surface area contributed by atoms with Crippen molar-refractivity contribution in [1.82, 2.24) is 10.0 Å². The summed E-state index contributed by atoms with van der Waals surface area (Å²) in [7, 11) is -3.40. The molecule has 7 heteroatoms. The Morgan fingerprint density at radius 1 is 1.04 bits per heavy atom. The molecule has 1 heterocycles. The maximum atomic E-state index is 12.6. The van der Waals surface area contributed by atoms with E-state index in [2.05, 4.69) is 12.1 Å². The van der Waals surface area contributed by atoms with Crippen LogP contribution in [0.5, 0.6) is 0 Å². The molecule has 0 N–H and O–H groups in total. The molecule has 1 saturated heterocycles. The molecular weight excluding hydrogens is 328 g/mol. The number of hydrogen-bond acceptors (Lipinski definition) is 4. The fourth-order valence-electron chi connectivity index (χ4n) is 3.58. The van der Waals surface area contributed by atoms with Gasteiger partial charge in [0.15, 0.2) is 9.84 Å². The highest BCUT2D eigenvalue weighted by Gasteiger charge is 2.34. The summed E-state index contributed by atoms with van der Waals surface area (Å²) < 4.78 is 22.7. The maximum Gasteiger partial charge on any atom is 0.256 e. The lowest BCUT2D eigenvalue weighted by Crippen LogP contribution is -2.47. The third kappa shape index (κ3) is 3.77. The summed E-state index contributed by atoms with van der Waals surface area (Å²) in [5.41, 5.74) is 2.59. The van der Waals surface area contributed by atoms with Crippen LogP contribution in [0.1, 0.15) is 24.0 Å². The second-order valence-corrected chi connectivity index (χ2v) is 8.84. The predicted octanol–water partition coefficient (Wildman–Crippen LogP) is 0.812. The number of carbonyl (C=O) groups is 2. The van der Waals surface area contributed by atoms with Gasteiger partial charge in [-0.05, 0) is 36.3 Å². The van der Waals surface area contributed by atoms with E-state index in [0.717, 1.165) is 19.1 Å². The van der Waals surface area contributed by atoms with Gasteiger partial charge in [0.05, 0.1) is 0 Å². The zero-order valence-electron chi connectivity index (χ0n) is 13.8. The molecule has 0 saturated carbocycles. The quantitative estimate of drug-likeness (QED) is 0.805. The number of sulfone groups is 1. The molecule has 1 fully saturated rings. The van der Waals surface area contributed by atoms with Crippen molar-refractivity contribution in [2.24, 2.45) is 5.92 Å². The van der Waals surface area contributed by atoms with Crippen molar-refractivity contribution < 1.29 is 18.0 Å². The van der Waals surface area contributed by atoms with Crippen molar-refractivity contribution in [3.05, 3.63) is 35.4 Å². The minimum Gasteiger partial charge on any atom is -0.273 e. The Balaban J connectivity index is 1.61. The second-order valence-electron chi connectivity index (χ2n) is 6.70. The third-order valence-corrected chi connectivity index (χ3v) is 5.36. The van der Waals surface area contributed by atoms with E-state index in [1.54, 1.807) is 0 Å². The van der Waals surface area contributed by atoms with Crippen molar-refractivity contribution >= 4 is 21.7 Å². The number of amides is 2. The lowest BCUT2D eigenvalue weighted by Gasteiger charge is -2.28. The van der Waals surface area contributed by atoms with Crippen molar-refractivity contribution in [1.29, 1.82) is 0 Å². The smallest absolute Gasteiger partial charge is 0.256 e. The monoisotopic (exact) mass is 350 g/mol. The summed E-state index contributed by atoms with van der Waals surface area (Å²) in [4.78, 5) is 24.8. The first-order valence-corrected chi connectivity index (χ1v) is 10.2. The van der Waals surface area contributed by atoms with Crippen LogP contribution in [0.3, 0.4) is 0 Å². The van der Waals surface area contributed by atoms with E-state index >= 15 is 0 Å². The number of carbonyl (C=O) groups excluding carboxylic acids is 2. The van der Waals surface area contributed by atoms with Crippen LogP contribution in [-0.4, -0.2) is 55.3 Å². The van der Waals surface area contributed by atoms with Gasteiger partial charge in [0, 0.05) is 25.8 Å². The number of nitrogens with zero attached hydrogens (tertiary/aromatic N) is 2. The van der Waals surface area contributed by atoms with Crippen LogP contribution in [-0.2, 0) is 32.3 Å². The van der Waals surface area contributed by atoms with E-state index < -0.39 is 21.5 Å². The lowest BCUT2D eigenvalue weighted by atomic mass is 10.0. The van der Waals surface area contributed by atoms with Gasteiger partial charge in [-0.3, -0.25) is 19.6 Å². The zero-order chi connectivity index (χ0) is 17.3. The summed E-state index contributed by atoms with van der Waals surface area (Å²) in [5.74, 6) is -0.904. The van der Waals surface area contributed by atoms with Crippen molar-refractivity contribution in [2.45, 2.75) is 25.7 Å². The number of hydrazine groups is 1. The summed E-state index contributed by atoms with van der Waals surface area (Å²) in [6.07, 6.45) is 3.87. The molecule has 1 aliphatic carbocycles. The number of fused-ring (bicyclic) bond motifs is 1. The summed E-state index contributed by atoms with van der Waals surface area (Å²) in [6, 6.07) is 8.21. The van der Waals surface area contributed by atoms with E-state index in [-0.39, 0.29) is 11.8 Å². The van der Waals surface area contributed by atoms with Crippen LogP contribution < -0.4 is 0 Å². The van der Waals surface area contributed by atoms with Crippen LogP contribution in [0, 0.1) is 5.92 Å². The molecule has 0 atom stereocenters. The number of benzene rings is 1. The number of rotatable bonds is 4. The third-order valence-electron chi connectivity index (χ3n) is 4.59. The molecule has 0 aromatic heterocycles. The molecule has 1 aromatic rings. The standard InChI is InChI=1S/C17H22N2O4S/c1-24(22,23)12-17(21)19-8-4-7-18(19)16(20)11-13-9-14-5-2-3-6-15(14)10-13/h2-3,5-6,13H,4,7-12H2,1H3. The lowest BCUT2D eigenvalue weighted by molar-refractivity contribution is -0.156. The molecule has 24 heavy (non-hydrogen) atoms. The Hall–Kier alpha value is -1.89. The largest absolute Gasteiger partial charge is 0.273 e. The maximum absolute atomic E-state index is 12.6. The molecule has 2 aliphatic rings. The van der Waals surface area contributed by atoms with Gasteiger partial charge in [-0.2, -0.15) is 0 Å². The van der Waals surface area contributed by atoms with Crippen LogP contribution in [0.2, 0.25) is 0 Å². The van der Waals surface area contributed by atoms with E-state index in [1.165, 1.54) is 21.1 Å².